The molecule has 0 aliphatic heterocycles. The molecule has 0 aliphatic rings. The van der Waals surface area contributed by atoms with Gasteiger partial charge in [-0.05, 0) is 35.2 Å². The maximum atomic E-state index is 5.30. The van der Waals surface area contributed by atoms with Crippen molar-refractivity contribution in [3.8, 4) is 22.6 Å². The van der Waals surface area contributed by atoms with Crippen molar-refractivity contribution in [2.45, 2.75) is 19.8 Å². The predicted molar refractivity (Wildman–Crippen MR) is 79.0 cm³/mol. The molecular formula is C17H20O2. The van der Waals surface area contributed by atoms with Crippen molar-refractivity contribution in [3.05, 3.63) is 48.0 Å². The van der Waals surface area contributed by atoms with E-state index in [1.807, 2.05) is 18.2 Å². The van der Waals surface area contributed by atoms with Gasteiger partial charge in [-0.1, -0.05) is 37.6 Å². The Morgan fingerprint density at radius 3 is 1.84 bits per heavy atom. The molecule has 0 aliphatic carbocycles. The molecular weight excluding hydrogens is 236 g/mol. The van der Waals surface area contributed by atoms with Gasteiger partial charge in [0.25, 0.3) is 0 Å². The molecule has 0 bridgehead atoms. The van der Waals surface area contributed by atoms with E-state index in [1.165, 1.54) is 17.5 Å². The van der Waals surface area contributed by atoms with Crippen molar-refractivity contribution >= 4 is 0 Å². The number of ether oxygens (including phenoxy) is 2. The monoisotopic (exact) mass is 256 g/mol. The van der Waals surface area contributed by atoms with Gasteiger partial charge in [-0.25, -0.2) is 0 Å². The van der Waals surface area contributed by atoms with Crippen molar-refractivity contribution in [3.63, 3.8) is 0 Å². The highest BCUT2D eigenvalue weighted by Gasteiger charge is 2.04. The average molecular weight is 256 g/mol. The van der Waals surface area contributed by atoms with E-state index in [2.05, 4.69) is 31.2 Å². The first kappa shape index (κ1) is 13.5. The second kappa shape index (κ2) is 6.28. The van der Waals surface area contributed by atoms with Crippen LogP contribution in [-0.4, -0.2) is 14.2 Å². The van der Waals surface area contributed by atoms with Crippen molar-refractivity contribution in [1.82, 2.24) is 0 Å². The number of rotatable bonds is 5. The molecule has 2 aromatic rings. The maximum Gasteiger partial charge on any atom is 0.123 e. The van der Waals surface area contributed by atoms with Crippen LogP contribution in [-0.2, 0) is 6.42 Å². The average Bonchev–Trinajstić information content (AvgIpc) is 2.47. The van der Waals surface area contributed by atoms with Gasteiger partial charge in [0, 0.05) is 6.07 Å². The molecule has 0 unspecified atom stereocenters. The predicted octanol–water partition coefficient (Wildman–Crippen LogP) is 4.32. The Hall–Kier alpha value is -1.96. The number of aryl methyl sites for hydroxylation is 1. The summed E-state index contributed by atoms with van der Waals surface area (Å²) in [7, 11) is 3.34. The number of benzene rings is 2. The molecule has 0 heterocycles. The van der Waals surface area contributed by atoms with E-state index < -0.39 is 0 Å². The Kier molecular flexibility index (Phi) is 4.45. The van der Waals surface area contributed by atoms with E-state index in [4.69, 9.17) is 9.47 Å². The fraction of sp³-hybridized carbons (Fsp3) is 0.294. The second-order valence-corrected chi connectivity index (χ2v) is 4.55. The SMILES string of the molecule is CCCc1ccc(-c2cc(OC)cc(OC)c2)cc1. The number of hydrogen-bond acceptors (Lipinski definition) is 2. The van der Waals surface area contributed by atoms with E-state index in [0.29, 0.717) is 0 Å². The zero-order chi connectivity index (χ0) is 13.7. The van der Waals surface area contributed by atoms with Gasteiger partial charge >= 0.3 is 0 Å². The fourth-order valence-corrected chi connectivity index (χ4v) is 2.13. The molecule has 0 saturated carbocycles. The second-order valence-electron chi connectivity index (χ2n) is 4.55. The largest absolute Gasteiger partial charge is 0.497 e. The van der Waals surface area contributed by atoms with Gasteiger partial charge in [0.05, 0.1) is 14.2 Å². The van der Waals surface area contributed by atoms with Crippen LogP contribution in [0.2, 0.25) is 0 Å². The van der Waals surface area contributed by atoms with Gasteiger partial charge in [-0.2, -0.15) is 0 Å². The molecule has 19 heavy (non-hydrogen) atoms. The molecule has 2 nitrogen and oxygen atoms in total. The molecule has 0 N–H and O–H groups in total. The summed E-state index contributed by atoms with van der Waals surface area (Å²) >= 11 is 0. The van der Waals surface area contributed by atoms with Crippen molar-refractivity contribution in [1.29, 1.82) is 0 Å². The van der Waals surface area contributed by atoms with Gasteiger partial charge < -0.3 is 9.47 Å². The highest BCUT2D eigenvalue weighted by atomic mass is 16.5. The quantitative estimate of drug-likeness (QED) is 0.793. The topological polar surface area (TPSA) is 18.5 Å². The normalized spacial score (nSPS) is 10.3. The summed E-state index contributed by atoms with van der Waals surface area (Å²) in [4.78, 5) is 0. The third kappa shape index (κ3) is 3.28. The van der Waals surface area contributed by atoms with Crippen LogP contribution in [0.4, 0.5) is 0 Å². The lowest BCUT2D eigenvalue weighted by atomic mass is 10.0. The molecule has 0 radical (unpaired) electrons. The molecule has 2 rings (SSSR count). The molecule has 0 amide bonds. The lowest BCUT2D eigenvalue weighted by molar-refractivity contribution is 0.394. The Labute approximate surface area is 115 Å². The molecule has 0 spiro atoms. The molecule has 0 saturated heterocycles. The fourth-order valence-electron chi connectivity index (χ4n) is 2.13. The number of hydrogen-bond donors (Lipinski definition) is 0. The third-order valence-corrected chi connectivity index (χ3v) is 3.18. The standard InChI is InChI=1S/C17H20O2/c1-4-5-13-6-8-14(9-7-13)15-10-16(18-2)12-17(11-15)19-3/h6-12H,4-5H2,1-3H3. The van der Waals surface area contributed by atoms with Crippen LogP contribution < -0.4 is 9.47 Å². The Morgan fingerprint density at radius 1 is 0.789 bits per heavy atom. The lowest BCUT2D eigenvalue weighted by Crippen LogP contribution is -1.89. The van der Waals surface area contributed by atoms with Crippen molar-refractivity contribution in [2.24, 2.45) is 0 Å². The van der Waals surface area contributed by atoms with Gasteiger partial charge in [0.1, 0.15) is 11.5 Å². The first-order valence-electron chi connectivity index (χ1n) is 6.59. The molecule has 100 valence electrons. The lowest BCUT2D eigenvalue weighted by Gasteiger charge is -2.09. The van der Waals surface area contributed by atoms with Crippen LogP contribution in [0.1, 0.15) is 18.9 Å². The van der Waals surface area contributed by atoms with Crippen LogP contribution in [0.3, 0.4) is 0 Å². The maximum absolute atomic E-state index is 5.30. The summed E-state index contributed by atoms with van der Waals surface area (Å²) in [6.07, 6.45) is 2.30. The molecule has 0 fully saturated rings. The zero-order valence-electron chi connectivity index (χ0n) is 11.8. The van der Waals surface area contributed by atoms with Crippen LogP contribution in [0.25, 0.3) is 11.1 Å². The van der Waals surface area contributed by atoms with E-state index in [1.54, 1.807) is 14.2 Å². The van der Waals surface area contributed by atoms with E-state index in [0.717, 1.165) is 23.5 Å². The first-order chi connectivity index (χ1) is 9.26. The van der Waals surface area contributed by atoms with Crippen LogP contribution >= 0.6 is 0 Å². The zero-order valence-corrected chi connectivity index (χ0v) is 11.8. The smallest absolute Gasteiger partial charge is 0.123 e. The van der Waals surface area contributed by atoms with E-state index >= 15 is 0 Å². The highest BCUT2D eigenvalue weighted by Crippen LogP contribution is 2.29. The third-order valence-electron chi connectivity index (χ3n) is 3.18. The minimum Gasteiger partial charge on any atom is -0.497 e. The van der Waals surface area contributed by atoms with Gasteiger partial charge in [0.2, 0.25) is 0 Å². The molecule has 2 aromatic carbocycles. The highest BCUT2D eigenvalue weighted by molar-refractivity contribution is 5.67. The van der Waals surface area contributed by atoms with Crippen LogP contribution in [0, 0.1) is 0 Å². The summed E-state index contributed by atoms with van der Waals surface area (Å²) in [5.74, 6) is 1.62. The summed E-state index contributed by atoms with van der Waals surface area (Å²) in [6.45, 7) is 2.20. The van der Waals surface area contributed by atoms with E-state index in [-0.39, 0.29) is 0 Å². The Balaban J connectivity index is 2.34. The molecule has 0 aromatic heterocycles. The van der Waals surface area contributed by atoms with Crippen LogP contribution in [0.5, 0.6) is 11.5 Å². The van der Waals surface area contributed by atoms with Gasteiger partial charge in [-0.15, -0.1) is 0 Å². The summed E-state index contributed by atoms with van der Waals surface area (Å²) in [6, 6.07) is 14.6. The van der Waals surface area contributed by atoms with Gasteiger partial charge in [0.15, 0.2) is 0 Å². The minimum absolute atomic E-state index is 0.812. The van der Waals surface area contributed by atoms with Gasteiger partial charge in [-0.3, -0.25) is 0 Å². The molecule has 0 atom stereocenters. The summed E-state index contributed by atoms with van der Waals surface area (Å²) in [5, 5.41) is 0. The molecule has 2 heteroatoms. The van der Waals surface area contributed by atoms with Crippen molar-refractivity contribution < 1.29 is 9.47 Å². The Bertz CT molecular complexity index is 507. The Morgan fingerprint density at radius 2 is 1.37 bits per heavy atom. The van der Waals surface area contributed by atoms with Crippen LogP contribution in [0.15, 0.2) is 42.5 Å². The first-order valence-corrected chi connectivity index (χ1v) is 6.59. The van der Waals surface area contributed by atoms with Crippen molar-refractivity contribution in [2.75, 3.05) is 14.2 Å². The summed E-state index contributed by atoms with van der Waals surface area (Å²) in [5.41, 5.74) is 3.66. The number of methoxy groups -OCH3 is 2. The minimum atomic E-state index is 0.812. The van der Waals surface area contributed by atoms with E-state index in [9.17, 15) is 0 Å². The summed E-state index contributed by atoms with van der Waals surface area (Å²) < 4.78 is 10.6.